The second kappa shape index (κ2) is 8.19. The fourth-order valence-electron chi connectivity index (χ4n) is 3.16. The van der Waals surface area contributed by atoms with Crippen LogP contribution >= 0.6 is 0 Å². The zero-order valence-corrected chi connectivity index (χ0v) is 17.5. The average Bonchev–Trinajstić information content (AvgIpc) is 3.07. The van der Waals surface area contributed by atoms with Gasteiger partial charge in [0.1, 0.15) is 5.75 Å². The summed E-state index contributed by atoms with van der Waals surface area (Å²) in [4.78, 5) is 18.1. The third-order valence-corrected chi connectivity index (χ3v) is 4.75. The van der Waals surface area contributed by atoms with Gasteiger partial charge in [-0.05, 0) is 74.6 Å². The molecule has 4 nitrogen and oxygen atoms in total. The molecule has 28 heavy (non-hydrogen) atoms. The zero-order chi connectivity index (χ0) is 20.3. The Hall–Kier alpha value is -2.59. The number of ketones is 1. The molecule has 0 unspecified atom stereocenters. The lowest BCUT2D eigenvalue weighted by Crippen LogP contribution is -2.19. The number of nitrogens with one attached hydrogen (secondary N) is 1. The molecule has 0 aliphatic heterocycles. The van der Waals surface area contributed by atoms with Gasteiger partial charge in [-0.15, -0.1) is 0 Å². The fourth-order valence-corrected chi connectivity index (χ4v) is 3.16. The lowest BCUT2D eigenvalue weighted by Gasteiger charge is -2.16. The van der Waals surface area contributed by atoms with E-state index in [0.29, 0.717) is 6.61 Å². The van der Waals surface area contributed by atoms with E-state index in [-0.39, 0.29) is 11.2 Å². The van der Waals surface area contributed by atoms with Crippen LogP contribution in [0.2, 0.25) is 0 Å². The summed E-state index contributed by atoms with van der Waals surface area (Å²) < 4.78 is 5.81. The summed E-state index contributed by atoms with van der Waals surface area (Å²) in [6.45, 7) is 7.59. The van der Waals surface area contributed by atoms with E-state index < -0.39 is 0 Å². The summed E-state index contributed by atoms with van der Waals surface area (Å²) in [5.74, 6) is 1.05. The normalized spacial score (nSPS) is 11.9. The molecular weight excluding hydrogens is 348 g/mol. The van der Waals surface area contributed by atoms with Gasteiger partial charge in [0, 0.05) is 34.1 Å². The highest BCUT2D eigenvalue weighted by Gasteiger charge is 2.23. The predicted octanol–water partition coefficient (Wildman–Crippen LogP) is 5.39. The summed E-state index contributed by atoms with van der Waals surface area (Å²) in [5, 5.41) is 1.05. The van der Waals surface area contributed by atoms with Gasteiger partial charge in [0.2, 0.25) is 0 Å². The highest BCUT2D eigenvalue weighted by Crippen LogP contribution is 2.28. The molecule has 0 amide bonds. The minimum atomic E-state index is -0.380. The van der Waals surface area contributed by atoms with Crippen molar-refractivity contribution in [2.24, 2.45) is 5.41 Å². The van der Waals surface area contributed by atoms with E-state index in [4.69, 9.17) is 4.74 Å². The van der Waals surface area contributed by atoms with Crippen LogP contribution in [0.15, 0.2) is 48.5 Å². The summed E-state index contributed by atoms with van der Waals surface area (Å²) in [7, 11) is 4.13. The average molecular weight is 379 g/mol. The SMILES string of the molecule is CN(C)CCCOc1ccc(-c2cc3cc(C(=O)C(C)(C)C)ccc3[nH]2)cc1. The van der Waals surface area contributed by atoms with Gasteiger partial charge in [-0.1, -0.05) is 20.8 Å². The van der Waals surface area contributed by atoms with Crippen molar-refractivity contribution >= 4 is 16.7 Å². The Labute approximate surface area is 167 Å². The van der Waals surface area contributed by atoms with E-state index in [1.165, 1.54) is 0 Å². The van der Waals surface area contributed by atoms with Crippen molar-refractivity contribution in [3.8, 4) is 17.0 Å². The number of hydrogen-bond donors (Lipinski definition) is 1. The summed E-state index contributed by atoms with van der Waals surface area (Å²) >= 11 is 0. The molecule has 3 rings (SSSR count). The molecule has 0 saturated carbocycles. The predicted molar refractivity (Wildman–Crippen MR) is 116 cm³/mol. The minimum absolute atomic E-state index is 0.160. The number of rotatable bonds is 7. The standard InChI is InChI=1S/C24H30N2O2/c1-24(2,3)23(27)18-9-12-21-19(15-18)16-22(25-21)17-7-10-20(11-8-17)28-14-6-13-26(4)5/h7-12,15-16,25H,6,13-14H2,1-5H3. The minimum Gasteiger partial charge on any atom is -0.494 e. The molecule has 1 aromatic heterocycles. The van der Waals surface area contributed by atoms with Crippen LogP contribution in [0.3, 0.4) is 0 Å². The summed E-state index contributed by atoms with van der Waals surface area (Å²) in [6, 6.07) is 16.1. The highest BCUT2D eigenvalue weighted by molar-refractivity contribution is 6.03. The molecule has 0 aliphatic carbocycles. The number of ether oxygens (including phenoxy) is 1. The molecule has 2 aromatic carbocycles. The van der Waals surface area contributed by atoms with Crippen molar-refractivity contribution < 1.29 is 9.53 Å². The number of carbonyl (C=O) groups is 1. The van der Waals surface area contributed by atoms with Gasteiger partial charge >= 0.3 is 0 Å². The topological polar surface area (TPSA) is 45.3 Å². The largest absolute Gasteiger partial charge is 0.494 e. The van der Waals surface area contributed by atoms with Crippen LogP contribution in [0.5, 0.6) is 5.75 Å². The van der Waals surface area contributed by atoms with Gasteiger partial charge < -0.3 is 14.6 Å². The highest BCUT2D eigenvalue weighted by atomic mass is 16.5. The van der Waals surface area contributed by atoms with E-state index in [1.54, 1.807) is 0 Å². The lowest BCUT2D eigenvalue weighted by atomic mass is 9.86. The fraction of sp³-hybridized carbons (Fsp3) is 0.375. The van der Waals surface area contributed by atoms with Crippen molar-refractivity contribution in [2.45, 2.75) is 27.2 Å². The Kier molecular flexibility index (Phi) is 5.90. The molecule has 0 atom stereocenters. The van der Waals surface area contributed by atoms with Gasteiger partial charge in [-0.2, -0.15) is 0 Å². The molecule has 0 spiro atoms. The molecule has 0 bridgehead atoms. The number of hydrogen-bond acceptors (Lipinski definition) is 3. The first-order valence-corrected chi connectivity index (χ1v) is 9.79. The molecule has 0 saturated heterocycles. The van der Waals surface area contributed by atoms with Crippen LogP contribution in [-0.4, -0.2) is 42.9 Å². The van der Waals surface area contributed by atoms with E-state index in [9.17, 15) is 4.79 Å². The number of benzene rings is 2. The Morgan fingerprint density at radius 3 is 2.39 bits per heavy atom. The number of aromatic amines is 1. The van der Waals surface area contributed by atoms with Crippen LogP contribution in [0.25, 0.3) is 22.2 Å². The van der Waals surface area contributed by atoms with Crippen molar-refractivity contribution in [1.29, 1.82) is 0 Å². The Balaban J connectivity index is 1.74. The second-order valence-electron chi connectivity index (χ2n) is 8.59. The van der Waals surface area contributed by atoms with Crippen LogP contribution in [0.4, 0.5) is 0 Å². The van der Waals surface area contributed by atoms with Crippen LogP contribution in [-0.2, 0) is 0 Å². The molecule has 0 aliphatic rings. The number of Topliss-reactive ketones (excluding diaryl/α,β-unsaturated/α-hetero) is 1. The van der Waals surface area contributed by atoms with Crippen LogP contribution < -0.4 is 4.74 Å². The van der Waals surface area contributed by atoms with Crippen molar-refractivity contribution in [3.63, 3.8) is 0 Å². The Morgan fingerprint density at radius 1 is 1.04 bits per heavy atom. The summed E-state index contributed by atoms with van der Waals surface area (Å²) in [5.41, 5.74) is 3.54. The molecule has 0 radical (unpaired) electrons. The molecule has 3 aromatic rings. The Morgan fingerprint density at radius 2 is 1.75 bits per heavy atom. The maximum atomic E-state index is 12.5. The lowest BCUT2D eigenvalue weighted by molar-refractivity contribution is 0.0858. The number of H-pyrrole nitrogens is 1. The zero-order valence-electron chi connectivity index (χ0n) is 17.5. The van der Waals surface area contributed by atoms with Gasteiger partial charge in [-0.25, -0.2) is 0 Å². The van der Waals surface area contributed by atoms with Crippen LogP contribution in [0, 0.1) is 5.41 Å². The number of aromatic nitrogens is 1. The van der Waals surface area contributed by atoms with Gasteiger partial charge in [0.15, 0.2) is 5.78 Å². The second-order valence-corrected chi connectivity index (χ2v) is 8.59. The van der Waals surface area contributed by atoms with E-state index in [2.05, 4.69) is 42.2 Å². The molecule has 1 heterocycles. The number of carbonyl (C=O) groups excluding carboxylic acids is 1. The van der Waals surface area contributed by atoms with E-state index in [1.807, 2.05) is 51.1 Å². The third-order valence-electron chi connectivity index (χ3n) is 4.75. The first-order valence-electron chi connectivity index (χ1n) is 9.79. The molecule has 0 fully saturated rings. The maximum Gasteiger partial charge on any atom is 0.168 e. The van der Waals surface area contributed by atoms with Crippen molar-refractivity contribution in [3.05, 3.63) is 54.1 Å². The number of fused-ring (bicyclic) bond motifs is 1. The monoisotopic (exact) mass is 378 g/mol. The van der Waals surface area contributed by atoms with Gasteiger partial charge in [0.25, 0.3) is 0 Å². The quantitative estimate of drug-likeness (QED) is 0.443. The first kappa shape index (κ1) is 20.2. The molecule has 1 N–H and O–H groups in total. The van der Waals surface area contributed by atoms with Gasteiger partial charge in [0.05, 0.1) is 6.61 Å². The van der Waals surface area contributed by atoms with Gasteiger partial charge in [-0.3, -0.25) is 4.79 Å². The van der Waals surface area contributed by atoms with E-state index >= 15 is 0 Å². The molecular formula is C24H30N2O2. The summed E-state index contributed by atoms with van der Waals surface area (Å²) in [6.07, 6.45) is 1.01. The first-order chi connectivity index (χ1) is 13.2. The number of nitrogens with zero attached hydrogens (tertiary/aromatic N) is 1. The Bertz CT molecular complexity index is 947. The molecule has 4 heteroatoms. The van der Waals surface area contributed by atoms with E-state index in [0.717, 1.165) is 46.4 Å². The third kappa shape index (κ3) is 4.82. The van der Waals surface area contributed by atoms with Crippen molar-refractivity contribution in [1.82, 2.24) is 9.88 Å². The van der Waals surface area contributed by atoms with Crippen LogP contribution in [0.1, 0.15) is 37.6 Å². The van der Waals surface area contributed by atoms with Crippen molar-refractivity contribution in [2.75, 3.05) is 27.2 Å². The smallest absolute Gasteiger partial charge is 0.168 e. The molecule has 148 valence electrons. The maximum absolute atomic E-state index is 12.5.